The maximum atomic E-state index is 5.66. The second-order valence-electron chi connectivity index (χ2n) is 3.70. The van der Waals surface area contributed by atoms with E-state index >= 15 is 0 Å². The molecule has 0 fully saturated rings. The first-order valence-electron chi connectivity index (χ1n) is 4.63. The summed E-state index contributed by atoms with van der Waals surface area (Å²) >= 11 is 5.65. The van der Waals surface area contributed by atoms with Gasteiger partial charge in [0.15, 0.2) is 0 Å². The average molecular weight is 215 g/mol. The van der Waals surface area contributed by atoms with Crippen molar-refractivity contribution in [2.75, 3.05) is 0 Å². The van der Waals surface area contributed by atoms with Crippen LogP contribution in [0, 0.1) is 0 Å². The molecular formula is C10H15ClN2O. The number of nitrogens with zero attached hydrogens (tertiary/aromatic N) is 2. The molecular weight excluding hydrogens is 200 g/mol. The van der Waals surface area contributed by atoms with Gasteiger partial charge in [0.2, 0.25) is 5.88 Å². The number of alkyl halides is 1. The largest absolute Gasteiger partial charge is 0.471 e. The summed E-state index contributed by atoms with van der Waals surface area (Å²) in [7, 11) is 0. The van der Waals surface area contributed by atoms with Crippen LogP contribution in [0.5, 0.6) is 5.88 Å². The molecule has 0 spiro atoms. The molecule has 1 rings (SSSR count). The summed E-state index contributed by atoms with van der Waals surface area (Å²) < 4.78 is 5.66. The normalized spacial score (nSPS) is 11.4. The third kappa shape index (κ3) is 3.14. The average Bonchev–Trinajstić information content (AvgIpc) is 2.17. The molecule has 0 N–H and O–H groups in total. The molecule has 1 aromatic rings. The third-order valence-electron chi connectivity index (χ3n) is 2.03. The Hall–Kier alpha value is -0.830. The van der Waals surface area contributed by atoms with Crippen molar-refractivity contribution >= 4 is 11.6 Å². The van der Waals surface area contributed by atoms with Gasteiger partial charge in [-0.25, -0.2) is 4.98 Å². The van der Waals surface area contributed by atoms with Gasteiger partial charge in [0.1, 0.15) is 5.60 Å². The first-order valence-corrected chi connectivity index (χ1v) is 5.17. The highest BCUT2D eigenvalue weighted by Crippen LogP contribution is 2.18. The number of aromatic nitrogens is 2. The van der Waals surface area contributed by atoms with Crippen molar-refractivity contribution in [3.05, 3.63) is 18.1 Å². The Morgan fingerprint density at radius 3 is 2.71 bits per heavy atom. The van der Waals surface area contributed by atoms with Crippen LogP contribution in [0.15, 0.2) is 12.4 Å². The summed E-state index contributed by atoms with van der Waals surface area (Å²) in [6.07, 6.45) is 4.16. The summed E-state index contributed by atoms with van der Waals surface area (Å²) in [5, 5.41) is 0. The minimum absolute atomic E-state index is 0.209. The lowest BCUT2D eigenvalue weighted by Gasteiger charge is -2.23. The van der Waals surface area contributed by atoms with Crippen LogP contribution in [0.2, 0.25) is 0 Å². The first kappa shape index (κ1) is 11.2. The molecule has 0 aliphatic heterocycles. The maximum absolute atomic E-state index is 5.66. The van der Waals surface area contributed by atoms with Gasteiger partial charge in [0.05, 0.1) is 17.8 Å². The van der Waals surface area contributed by atoms with Crippen molar-refractivity contribution in [2.24, 2.45) is 0 Å². The first-order chi connectivity index (χ1) is 6.57. The summed E-state index contributed by atoms with van der Waals surface area (Å²) in [6.45, 7) is 6.10. The van der Waals surface area contributed by atoms with E-state index in [9.17, 15) is 0 Å². The van der Waals surface area contributed by atoms with E-state index in [0.717, 1.165) is 12.1 Å². The van der Waals surface area contributed by atoms with E-state index in [0.29, 0.717) is 11.8 Å². The molecule has 0 aliphatic rings. The van der Waals surface area contributed by atoms with Gasteiger partial charge in [-0.05, 0) is 20.3 Å². The molecule has 0 atom stereocenters. The van der Waals surface area contributed by atoms with Gasteiger partial charge in [-0.15, -0.1) is 11.6 Å². The quantitative estimate of drug-likeness (QED) is 0.723. The monoisotopic (exact) mass is 214 g/mol. The molecule has 0 bridgehead atoms. The molecule has 0 saturated carbocycles. The third-order valence-corrected chi connectivity index (χ3v) is 2.31. The Bertz CT molecular complexity index is 302. The summed E-state index contributed by atoms with van der Waals surface area (Å²) in [5.74, 6) is 0.895. The lowest BCUT2D eigenvalue weighted by atomic mass is 10.1. The Labute approximate surface area is 89.5 Å². The highest BCUT2D eigenvalue weighted by Gasteiger charge is 2.17. The van der Waals surface area contributed by atoms with Crippen molar-refractivity contribution in [1.82, 2.24) is 9.97 Å². The van der Waals surface area contributed by atoms with Crippen LogP contribution in [0.1, 0.15) is 32.9 Å². The molecule has 1 aromatic heterocycles. The van der Waals surface area contributed by atoms with Gasteiger partial charge in [0, 0.05) is 6.20 Å². The molecule has 14 heavy (non-hydrogen) atoms. The van der Waals surface area contributed by atoms with E-state index in [2.05, 4.69) is 16.9 Å². The predicted molar refractivity (Wildman–Crippen MR) is 56.6 cm³/mol. The van der Waals surface area contributed by atoms with E-state index < -0.39 is 0 Å². The van der Waals surface area contributed by atoms with Gasteiger partial charge in [0.25, 0.3) is 0 Å². The molecule has 4 heteroatoms. The molecule has 0 amide bonds. The van der Waals surface area contributed by atoms with Crippen molar-refractivity contribution in [3.8, 4) is 5.88 Å². The minimum atomic E-state index is -0.209. The van der Waals surface area contributed by atoms with E-state index in [1.54, 1.807) is 12.4 Å². The summed E-state index contributed by atoms with van der Waals surface area (Å²) in [4.78, 5) is 8.21. The predicted octanol–water partition coefficient (Wildman–Crippen LogP) is 2.78. The van der Waals surface area contributed by atoms with E-state index in [4.69, 9.17) is 16.3 Å². The number of ether oxygens (including phenoxy) is 1. The standard InChI is InChI=1S/C10H15ClN2O/c1-4-10(2,3)14-9-7-12-6-8(5-11)13-9/h6-7H,4-5H2,1-3H3. The van der Waals surface area contributed by atoms with E-state index in [-0.39, 0.29) is 5.60 Å². The Kier molecular flexibility index (Phi) is 3.69. The number of hydrogen-bond donors (Lipinski definition) is 0. The molecule has 78 valence electrons. The Balaban J connectivity index is 2.76. The van der Waals surface area contributed by atoms with Crippen LogP contribution in [-0.2, 0) is 5.88 Å². The topological polar surface area (TPSA) is 35.0 Å². The lowest BCUT2D eigenvalue weighted by Crippen LogP contribution is -2.27. The van der Waals surface area contributed by atoms with Gasteiger partial charge in [-0.2, -0.15) is 0 Å². The summed E-state index contributed by atoms with van der Waals surface area (Å²) in [5.41, 5.74) is 0.524. The van der Waals surface area contributed by atoms with Crippen LogP contribution >= 0.6 is 11.6 Å². The van der Waals surface area contributed by atoms with Crippen molar-refractivity contribution in [2.45, 2.75) is 38.7 Å². The van der Waals surface area contributed by atoms with Gasteiger partial charge in [-0.3, -0.25) is 4.98 Å². The maximum Gasteiger partial charge on any atom is 0.233 e. The highest BCUT2D eigenvalue weighted by molar-refractivity contribution is 6.16. The van der Waals surface area contributed by atoms with E-state index in [1.807, 2.05) is 13.8 Å². The van der Waals surface area contributed by atoms with Gasteiger partial charge < -0.3 is 4.74 Å². The number of hydrogen-bond acceptors (Lipinski definition) is 3. The zero-order chi connectivity index (χ0) is 10.6. The van der Waals surface area contributed by atoms with Crippen molar-refractivity contribution in [1.29, 1.82) is 0 Å². The van der Waals surface area contributed by atoms with Crippen molar-refractivity contribution < 1.29 is 4.74 Å². The Morgan fingerprint density at radius 2 is 2.14 bits per heavy atom. The zero-order valence-electron chi connectivity index (χ0n) is 8.75. The highest BCUT2D eigenvalue weighted by atomic mass is 35.5. The van der Waals surface area contributed by atoms with Crippen LogP contribution < -0.4 is 4.74 Å². The molecule has 1 heterocycles. The van der Waals surface area contributed by atoms with Gasteiger partial charge >= 0.3 is 0 Å². The molecule has 0 unspecified atom stereocenters. The molecule has 0 radical (unpaired) electrons. The lowest BCUT2D eigenvalue weighted by molar-refractivity contribution is 0.0982. The summed E-state index contributed by atoms with van der Waals surface area (Å²) in [6, 6.07) is 0. The molecule has 0 saturated heterocycles. The molecule has 0 aliphatic carbocycles. The van der Waals surface area contributed by atoms with E-state index in [1.165, 1.54) is 0 Å². The minimum Gasteiger partial charge on any atom is -0.471 e. The van der Waals surface area contributed by atoms with Crippen molar-refractivity contribution in [3.63, 3.8) is 0 Å². The van der Waals surface area contributed by atoms with Crippen LogP contribution in [0.25, 0.3) is 0 Å². The fourth-order valence-corrected chi connectivity index (χ4v) is 0.984. The number of halogens is 1. The number of rotatable bonds is 4. The second-order valence-corrected chi connectivity index (χ2v) is 3.96. The van der Waals surface area contributed by atoms with Crippen LogP contribution in [0.4, 0.5) is 0 Å². The fraction of sp³-hybridized carbons (Fsp3) is 0.600. The van der Waals surface area contributed by atoms with Crippen LogP contribution in [-0.4, -0.2) is 15.6 Å². The molecule has 0 aromatic carbocycles. The second kappa shape index (κ2) is 4.60. The van der Waals surface area contributed by atoms with Gasteiger partial charge in [-0.1, -0.05) is 6.92 Å². The van der Waals surface area contributed by atoms with Crippen LogP contribution in [0.3, 0.4) is 0 Å². The zero-order valence-corrected chi connectivity index (χ0v) is 9.51. The SMILES string of the molecule is CCC(C)(C)Oc1cncc(CCl)n1. The Morgan fingerprint density at radius 1 is 1.43 bits per heavy atom. The molecule has 3 nitrogen and oxygen atoms in total. The smallest absolute Gasteiger partial charge is 0.233 e. The fourth-order valence-electron chi connectivity index (χ4n) is 0.855.